The highest BCUT2D eigenvalue weighted by Gasteiger charge is 2.25. The molecule has 128 valence electrons. The molecule has 1 fully saturated rings. The van der Waals surface area contributed by atoms with Gasteiger partial charge in [0.05, 0.1) is 22.4 Å². The summed E-state index contributed by atoms with van der Waals surface area (Å²) in [5.74, 6) is -0.0489. The molecule has 9 heteroatoms. The summed E-state index contributed by atoms with van der Waals surface area (Å²) in [4.78, 5) is 24.6. The van der Waals surface area contributed by atoms with Gasteiger partial charge in [0.15, 0.2) is 0 Å². The first-order valence-corrected chi connectivity index (χ1v) is 7.37. The van der Waals surface area contributed by atoms with Crippen LogP contribution in [0.1, 0.15) is 17.3 Å². The highest BCUT2D eigenvalue weighted by atomic mass is 35.5. The molecule has 0 bridgehead atoms. The number of nitrogens with one attached hydrogen (secondary N) is 1. The third kappa shape index (κ3) is 3.55. The fourth-order valence-electron chi connectivity index (χ4n) is 2.61. The van der Waals surface area contributed by atoms with Gasteiger partial charge in [-0.2, -0.15) is 5.10 Å². The van der Waals surface area contributed by atoms with Crippen LogP contribution in [0.5, 0.6) is 0 Å². The molecule has 1 atom stereocenters. The van der Waals surface area contributed by atoms with Crippen LogP contribution in [0.3, 0.4) is 0 Å². The van der Waals surface area contributed by atoms with Crippen molar-refractivity contribution in [2.24, 2.45) is 0 Å². The van der Waals surface area contributed by atoms with Crippen LogP contribution in [0.4, 0.5) is 5.69 Å². The van der Waals surface area contributed by atoms with Crippen molar-refractivity contribution >= 4 is 24.0 Å². The van der Waals surface area contributed by atoms with Crippen LogP contribution in [-0.4, -0.2) is 51.2 Å². The van der Waals surface area contributed by atoms with Crippen LogP contribution in [0.2, 0.25) is 0 Å². The van der Waals surface area contributed by atoms with Crippen molar-refractivity contribution in [1.29, 1.82) is 0 Å². The Kier molecular flexibility index (Phi) is 5.53. The van der Waals surface area contributed by atoms with Gasteiger partial charge in [-0.1, -0.05) is 0 Å². The number of non-ortho nitro benzene ring substituents is 1. The molecule has 1 aliphatic rings. The zero-order valence-electron chi connectivity index (χ0n) is 13.1. The molecule has 0 radical (unpaired) electrons. The Labute approximate surface area is 145 Å². The van der Waals surface area contributed by atoms with Gasteiger partial charge in [0.25, 0.3) is 11.6 Å². The largest absolute Gasteiger partial charge is 0.333 e. The van der Waals surface area contributed by atoms with Gasteiger partial charge in [-0.3, -0.25) is 14.9 Å². The molecule has 1 aliphatic heterocycles. The monoisotopic (exact) mass is 351 g/mol. The SMILES string of the molecule is CC1CNCCN1C(=O)c1cnn(-c2ccc([N+](=O)[O-])cc2)c1.Cl. The van der Waals surface area contributed by atoms with E-state index < -0.39 is 4.92 Å². The number of hydrogen-bond acceptors (Lipinski definition) is 5. The van der Waals surface area contributed by atoms with Crippen molar-refractivity contribution in [3.05, 3.63) is 52.3 Å². The lowest BCUT2D eigenvalue weighted by atomic mass is 10.2. The fourth-order valence-corrected chi connectivity index (χ4v) is 2.61. The van der Waals surface area contributed by atoms with Crippen molar-refractivity contribution in [3.63, 3.8) is 0 Å². The first-order chi connectivity index (χ1) is 11.1. The van der Waals surface area contributed by atoms with Crippen LogP contribution in [-0.2, 0) is 0 Å². The summed E-state index contributed by atoms with van der Waals surface area (Å²) in [6.07, 6.45) is 3.18. The molecule has 1 unspecified atom stereocenters. The Balaban J connectivity index is 0.00000208. The Bertz CT molecular complexity index is 731. The summed E-state index contributed by atoms with van der Waals surface area (Å²) in [7, 11) is 0. The van der Waals surface area contributed by atoms with E-state index in [9.17, 15) is 14.9 Å². The molecule has 1 saturated heterocycles. The lowest BCUT2D eigenvalue weighted by molar-refractivity contribution is -0.384. The Morgan fingerprint density at radius 1 is 1.38 bits per heavy atom. The maximum absolute atomic E-state index is 12.6. The number of halogens is 1. The van der Waals surface area contributed by atoms with Gasteiger partial charge < -0.3 is 10.2 Å². The molecule has 1 aromatic carbocycles. The van der Waals surface area contributed by atoms with Crippen molar-refractivity contribution in [1.82, 2.24) is 20.0 Å². The van der Waals surface area contributed by atoms with Gasteiger partial charge in [0.1, 0.15) is 0 Å². The molecular weight excluding hydrogens is 334 g/mol. The van der Waals surface area contributed by atoms with Gasteiger partial charge in [0, 0.05) is 44.0 Å². The van der Waals surface area contributed by atoms with Crippen LogP contribution in [0.15, 0.2) is 36.7 Å². The number of benzene rings is 1. The smallest absolute Gasteiger partial charge is 0.269 e. The molecule has 24 heavy (non-hydrogen) atoms. The molecule has 8 nitrogen and oxygen atoms in total. The van der Waals surface area contributed by atoms with Gasteiger partial charge >= 0.3 is 0 Å². The van der Waals surface area contributed by atoms with E-state index in [-0.39, 0.29) is 30.0 Å². The molecule has 0 spiro atoms. The summed E-state index contributed by atoms with van der Waals surface area (Å²) in [6, 6.07) is 6.17. The van der Waals surface area contributed by atoms with E-state index in [1.54, 1.807) is 23.0 Å². The second-order valence-corrected chi connectivity index (χ2v) is 5.50. The van der Waals surface area contributed by atoms with Crippen molar-refractivity contribution in [2.75, 3.05) is 19.6 Å². The second kappa shape index (κ2) is 7.41. The Morgan fingerprint density at radius 3 is 2.71 bits per heavy atom. The van der Waals surface area contributed by atoms with Crippen molar-refractivity contribution in [2.45, 2.75) is 13.0 Å². The first kappa shape index (κ1) is 17.9. The van der Waals surface area contributed by atoms with E-state index in [4.69, 9.17) is 0 Å². The number of aromatic nitrogens is 2. The minimum Gasteiger partial charge on any atom is -0.333 e. The van der Waals surface area contributed by atoms with Crippen molar-refractivity contribution in [3.8, 4) is 5.69 Å². The standard InChI is InChI=1S/C15H17N5O3.ClH/c1-11-8-16-6-7-18(11)15(21)12-9-17-19(10-12)13-2-4-14(5-3-13)20(22)23;/h2-5,9-11,16H,6-8H2,1H3;1H. The number of carbonyl (C=O) groups excluding carboxylic acids is 1. The fraction of sp³-hybridized carbons (Fsp3) is 0.333. The third-order valence-electron chi connectivity index (χ3n) is 3.92. The van der Waals surface area contributed by atoms with E-state index in [1.165, 1.54) is 18.3 Å². The molecule has 0 aliphatic carbocycles. The number of rotatable bonds is 3. The van der Waals surface area contributed by atoms with E-state index >= 15 is 0 Å². The highest BCUT2D eigenvalue weighted by molar-refractivity contribution is 5.94. The Morgan fingerprint density at radius 2 is 2.08 bits per heavy atom. The average Bonchev–Trinajstić information content (AvgIpc) is 3.05. The normalized spacial score (nSPS) is 17.2. The van der Waals surface area contributed by atoms with Crippen LogP contribution in [0.25, 0.3) is 5.69 Å². The van der Waals surface area contributed by atoms with Gasteiger partial charge in [-0.05, 0) is 19.1 Å². The maximum atomic E-state index is 12.6. The Hall–Kier alpha value is -2.45. The predicted molar refractivity (Wildman–Crippen MR) is 90.8 cm³/mol. The van der Waals surface area contributed by atoms with E-state index in [0.29, 0.717) is 17.8 Å². The number of nitro groups is 1. The minimum absolute atomic E-state index is 0. The lowest BCUT2D eigenvalue weighted by Crippen LogP contribution is -2.52. The van der Waals surface area contributed by atoms with Gasteiger partial charge in [0.2, 0.25) is 0 Å². The molecule has 1 N–H and O–H groups in total. The molecule has 0 saturated carbocycles. The second-order valence-electron chi connectivity index (χ2n) is 5.50. The van der Waals surface area contributed by atoms with E-state index in [0.717, 1.165) is 13.1 Å². The summed E-state index contributed by atoms with van der Waals surface area (Å²) in [6.45, 7) is 4.24. The predicted octanol–water partition coefficient (Wildman–Crippen LogP) is 1.64. The quantitative estimate of drug-likeness (QED) is 0.670. The summed E-state index contributed by atoms with van der Waals surface area (Å²) >= 11 is 0. The average molecular weight is 352 g/mol. The highest BCUT2D eigenvalue weighted by Crippen LogP contribution is 2.16. The zero-order chi connectivity index (χ0) is 16.4. The molecule has 1 amide bonds. The van der Waals surface area contributed by atoms with E-state index in [1.807, 2.05) is 11.8 Å². The summed E-state index contributed by atoms with van der Waals surface area (Å²) in [5, 5.41) is 18.1. The van der Waals surface area contributed by atoms with E-state index in [2.05, 4.69) is 10.4 Å². The first-order valence-electron chi connectivity index (χ1n) is 7.37. The number of nitro benzene ring substituents is 1. The summed E-state index contributed by atoms with van der Waals surface area (Å²) in [5.41, 5.74) is 1.20. The van der Waals surface area contributed by atoms with Gasteiger partial charge in [-0.15, -0.1) is 12.4 Å². The number of hydrogen-bond donors (Lipinski definition) is 1. The topological polar surface area (TPSA) is 93.3 Å². The number of carbonyl (C=O) groups is 1. The molecule has 2 aromatic rings. The third-order valence-corrected chi connectivity index (χ3v) is 3.92. The number of nitrogens with zero attached hydrogens (tertiary/aromatic N) is 4. The zero-order valence-corrected chi connectivity index (χ0v) is 13.9. The molecule has 2 heterocycles. The number of amides is 1. The molecule has 1 aromatic heterocycles. The molecule has 3 rings (SSSR count). The van der Waals surface area contributed by atoms with Crippen molar-refractivity contribution < 1.29 is 9.72 Å². The summed E-state index contributed by atoms with van der Waals surface area (Å²) < 4.78 is 1.55. The lowest BCUT2D eigenvalue weighted by Gasteiger charge is -2.33. The van der Waals surface area contributed by atoms with Crippen LogP contribution < -0.4 is 5.32 Å². The maximum Gasteiger partial charge on any atom is 0.269 e. The molecular formula is C15H18ClN5O3. The number of piperazine rings is 1. The minimum atomic E-state index is -0.451. The van der Waals surface area contributed by atoms with Crippen LogP contribution >= 0.6 is 12.4 Å². The van der Waals surface area contributed by atoms with Gasteiger partial charge in [-0.25, -0.2) is 4.68 Å². The van der Waals surface area contributed by atoms with Crippen LogP contribution in [0, 0.1) is 10.1 Å².